The van der Waals surface area contributed by atoms with Crippen molar-refractivity contribution in [3.63, 3.8) is 0 Å². The van der Waals surface area contributed by atoms with E-state index in [4.69, 9.17) is 19.4 Å². The lowest BCUT2D eigenvalue weighted by Gasteiger charge is -2.10. The number of hydrogen-bond acceptors (Lipinski definition) is 5. The average molecular weight is 527 g/mol. The maximum Gasteiger partial charge on any atom is 0.182 e. The van der Waals surface area contributed by atoms with Crippen LogP contribution < -0.4 is 0 Å². The van der Waals surface area contributed by atoms with Gasteiger partial charge in [-0.3, -0.25) is 4.98 Å². The molecule has 0 aliphatic rings. The monoisotopic (exact) mass is 526 g/mol. The molecular formula is C36H22N4O. The topological polar surface area (TPSA) is 64.7 Å². The zero-order valence-electron chi connectivity index (χ0n) is 21.9. The van der Waals surface area contributed by atoms with Crippen LogP contribution >= 0.6 is 0 Å². The molecule has 0 spiro atoms. The summed E-state index contributed by atoms with van der Waals surface area (Å²) in [7, 11) is 0. The van der Waals surface area contributed by atoms with Gasteiger partial charge in [0.15, 0.2) is 17.5 Å². The van der Waals surface area contributed by atoms with E-state index < -0.39 is 0 Å². The minimum Gasteiger partial charge on any atom is -0.456 e. The van der Waals surface area contributed by atoms with Crippen LogP contribution in [0.1, 0.15) is 0 Å². The smallest absolute Gasteiger partial charge is 0.182 e. The SMILES string of the molecule is c1ccc(-c2nc(-c3ccc(-c4ccc5ccccc5c4)cc3)nc(-c3cccc4oc5ccccc5c34)n2)nc1. The lowest BCUT2D eigenvalue weighted by Crippen LogP contribution is -2.01. The molecule has 41 heavy (non-hydrogen) atoms. The summed E-state index contributed by atoms with van der Waals surface area (Å²) in [5, 5.41) is 4.46. The zero-order chi connectivity index (χ0) is 27.2. The third-order valence-electron chi connectivity index (χ3n) is 7.40. The summed E-state index contributed by atoms with van der Waals surface area (Å²) >= 11 is 0. The van der Waals surface area contributed by atoms with Gasteiger partial charge in [0.1, 0.15) is 16.9 Å². The fourth-order valence-electron chi connectivity index (χ4n) is 5.38. The number of hydrogen-bond donors (Lipinski definition) is 0. The Labute approximate surface area is 235 Å². The summed E-state index contributed by atoms with van der Waals surface area (Å²) in [6.07, 6.45) is 1.75. The van der Waals surface area contributed by atoms with E-state index in [0.717, 1.165) is 38.6 Å². The number of furan rings is 1. The highest BCUT2D eigenvalue weighted by Crippen LogP contribution is 2.36. The maximum atomic E-state index is 6.14. The molecule has 0 aliphatic heterocycles. The van der Waals surface area contributed by atoms with Gasteiger partial charge in [-0.1, -0.05) is 97.1 Å². The van der Waals surface area contributed by atoms with Crippen molar-refractivity contribution in [3.05, 3.63) is 134 Å². The highest BCUT2D eigenvalue weighted by atomic mass is 16.3. The number of para-hydroxylation sites is 1. The van der Waals surface area contributed by atoms with Gasteiger partial charge >= 0.3 is 0 Å². The number of benzene rings is 5. The molecule has 0 saturated carbocycles. The van der Waals surface area contributed by atoms with E-state index in [1.54, 1.807) is 6.20 Å². The van der Waals surface area contributed by atoms with E-state index in [1.165, 1.54) is 16.3 Å². The largest absolute Gasteiger partial charge is 0.456 e. The second-order valence-electron chi connectivity index (χ2n) is 9.94. The molecule has 5 heteroatoms. The molecule has 0 aliphatic carbocycles. The lowest BCUT2D eigenvalue weighted by atomic mass is 10.00. The Morgan fingerprint density at radius 1 is 0.463 bits per heavy atom. The van der Waals surface area contributed by atoms with Crippen molar-refractivity contribution in [1.29, 1.82) is 0 Å². The minimum atomic E-state index is 0.522. The van der Waals surface area contributed by atoms with Gasteiger partial charge in [-0.2, -0.15) is 0 Å². The van der Waals surface area contributed by atoms with Crippen molar-refractivity contribution in [1.82, 2.24) is 19.9 Å². The molecule has 0 radical (unpaired) electrons. The number of aromatic nitrogens is 4. The lowest BCUT2D eigenvalue weighted by molar-refractivity contribution is 0.669. The number of fused-ring (bicyclic) bond motifs is 4. The first-order valence-corrected chi connectivity index (χ1v) is 13.5. The quantitative estimate of drug-likeness (QED) is 0.229. The van der Waals surface area contributed by atoms with E-state index in [9.17, 15) is 0 Å². The first kappa shape index (κ1) is 23.2. The van der Waals surface area contributed by atoms with Gasteiger partial charge in [0.25, 0.3) is 0 Å². The van der Waals surface area contributed by atoms with E-state index >= 15 is 0 Å². The Morgan fingerprint density at radius 2 is 1.17 bits per heavy atom. The Hall–Kier alpha value is -5.68. The molecule has 8 rings (SSSR count). The van der Waals surface area contributed by atoms with E-state index in [2.05, 4.69) is 77.8 Å². The molecule has 3 heterocycles. The van der Waals surface area contributed by atoms with Gasteiger partial charge in [-0.25, -0.2) is 15.0 Å². The fourth-order valence-corrected chi connectivity index (χ4v) is 5.38. The molecule has 3 aromatic heterocycles. The van der Waals surface area contributed by atoms with Gasteiger partial charge < -0.3 is 4.42 Å². The summed E-state index contributed by atoms with van der Waals surface area (Å²) in [5.74, 6) is 1.69. The molecule has 0 amide bonds. The molecule has 0 fully saturated rings. The summed E-state index contributed by atoms with van der Waals surface area (Å²) in [6, 6.07) is 43.1. The van der Waals surface area contributed by atoms with Gasteiger partial charge in [-0.15, -0.1) is 0 Å². The summed E-state index contributed by atoms with van der Waals surface area (Å²) in [5.41, 5.74) is 6.41. The van der Waals surface area contributed by atoms with Crippen LogP contribution in [-0.2, 0) is 0 Å². The second kappa shape index (κ2) is 9.50. The standard InChI is InChI=1S/C36H22N4O/c1-2-9-26-22-27(20-17-23(26)8-1)24-15-18-25(19-16-24)34-38-35(40-36(39-34)30-12-5-6-21-37-30)29-11-7-14-32-33(29)28-10-3-4-13-31(28)41-32/h1-22H. The summed E-state index contributed by atoms with van der Waals surface area (Å²) in [4.78, 5) is 19.3. The predicted molar refractivity (Wildman–Crippen MR) is 164 cm³/mol. The Morgan fingerprint density at radius 3 is 2.05 bits per heavy atom. The Balaban J connectivity index is 1.28. The molecule has 0 unspecified atom stereocenters. The van der Waals surface area contributed by atoms with Crippen LogP contribution in [-0.4, -0.2) is 19.9 Å². The van der Waals surface area contributed by atoms with E-state index in [-0.39, 0.29) is 0 Å². The van der Waals surface area contributed by atoms with Gasteiger partial charge in [0, 0.05) is 28.1 Å². The van der Waals surface area contributed by atoms with Crippen LogP contribution in [0, 0.1) is 0 Å². The van der Waals surface area contributed by atoms with Crippen molar-refractivity contribution >= 4 is 32.7 Å². The van der Waals surface area contributed by atoms with Gasteiger partial charge in [0.05, 0.1) is 0 Å². The van der Waals surface area contributed by atoms with Crippen LogP contribution in [0.2, 0.25) is 0 Å². The first-order chi connectivity index (χ1) is 20.3. The molecule has 0 bridgehead atoms. The van der Waals surface area contributed by atoms with Gasteiger partial charge in [0.2, 0.25) is 0 Å². The third kappa shape index (κ3) is 4.12. The van der Waals surface area contributed by atoms with Crippen molar-refractivity contribution in [2.24, 2.45) is 0 Å². The van der Waals surface area contributed by atoms with Crippen LogP contribution in [0.4, 0.5) is 0 Å². The van der Waals surface area contributed by atoms with Crippen molar-refractivity contribution in [2.75, 3.05) is 0 Å². The normalized spacial score (nSPS) is 11.4. The van der Waals surface area contributed by atoms with Crippen molar-refractivity contribution < 1.29 is 4.42 Å². The maximum absolute atomic E-state index is 6.14. The molecule has 192 valence electrons. The second-order valence-corrected chi connectivity index (χ2v) is 9.94. The summed E-state index contributed by atoms with van der Waals surface area (Å²) < 4.78 is 6.14. The molecule has 0 saturated heterocycles. The Kier molecular flexibility index (Phi) is 5.38. The first-order valence-electron chi connectivity index (χ1n) is 13.5. The van der Waals surface area contributed by atoms with E-state index in [0.29, 0.717) is 23.2 Å². The third-order valence-corrected chi connectivity index (χ3v) is 7.40. The number of pyridine rings is 1. The molecular weight excluding hydrogens is 504 g/mol. The van der Waals surface area contributed by atoms with Crippen LogP contribution in [0.15, 0.2) is 138 Å². The number of nitrogens with zero attached hydrogens (tertiary/aromatic N) is 4. The highest BCUT2D eigenvalue weighted by Gasteiger charge is 2.18. The molecule has 5 nitrogen and oxygen atoms in total. The average Bonchev–Trinajstić information content (AvgIpc) is 3.44. The van der Waals surface area contributed by atoms with Crippen molar-refractivity contribution in [3.8, 4) is 45.4 Å². The molecule has 8 aromatic rings. The zero-order valence-corrected chi connectivity index (χ0v) is 21.9. The van der Waals surface area contributed by atoms with Crippen LogP contribution in [0.25, 0.3) is 78.1 Å². The fraction of sp³-hybridized carbons (Fsp3) is 0. The number of rotatable bonds is 4. The molecule has 5 aromatic carbocycles. The van der Waals surface area contributed by atoms with Gasteiger partial charge in [-0.05, 0) is 52.2 Å². The van der Waals surface area contributed by atoms with Crippen LogP contribution in [0.5, 0.6) is 0 Å². The highest BCUT2D eigenvalue weighted by molar-refractivity contribution is 6.11. The van der Waals surface area contributed by atoms with Crippen molar-refractivity contribution in [2.45, 2.75) is 0 Å². The summed E-state index contributed by atoms with van der Waals surface area (Å²) in [6.45, 7) is 0. The predicted octanol–water partition coefficient (Wildman–Crippen LogP) is 8.99. The van der Waals surface area contributed by atoms with E-state index in [1.807, 2.05) is 54.6 Å². The minimum absolute atomic E-state index is 0.522. The molecule has 0 N–H and O–H groups in total. The van der Waals surface area contributed by atoms with Crippen LogP contribution in [0.3, 0.4) is 0 Å². The Bertz CT molecular complexity index is 2200. The molecule has 0 atom stereocenters.